The normalized spacial score (nSPS) is 16.4. The summed E-state index contributed by atoms with van der Waals surface area (Å²) in [4.78, 5) is 24.6. The van der Waals surface area contributed by atoms with Crippen molar-refractivity contribution in [2.24, 2.45) is 11.7 Å². The van der Waals surface area contributed by atoms with Gasteiger partial charge in [-0.1, -0.05) is 68.3 Å². The molecule has 2 heterocycles. The first-order valence-electron chi connectivity index (χ1n) is 12.3. The lowest BCUT2D eigenvalue weighted by atomic mass is 9.86. The molecule has 0 spiro atoms. The van der Waals surface area contributed by atoms with Crippen LogP contribution in [0.4, 0.5) is 11.6 Å². The minimum atomic E-state index is -0.706. The van der Waals surface area contributed by atoms with Crippen LogP contribution in [-0.2, 0) is 4.79 Å². The number of carbonyl (C=O) groups excluding carboxylic acids is 1. The van der Waals surface area contributed by atoms with Gasteiger partial charge < -0.3 is 21.3 Å². The smallest absolute Gasteiger partial charge is 0.237 e. The van der Waals surface area contributed by atoms with Crippen LogP contribution in [-0.4, -0.2) is 48.1 Å². The number of nitrogens with one attached hydrogen (secondary N) is 2. The molecule has 194 valence electrons. The van der Waals surface area contributed by atoms with Crippen molar-refractivity contribution in [3.05, 3.63) is 52.2 Å². The molecule has 7 nitrogen and oxygen atoms in total. The number of halogens is 2. The monoisotopic (exact) mass is 530 g/mol. The first-order chi connectivity index (χ1) is 17.1. The largest absolute Gasteiger partial charge is 0.370 e. The van der Waals surface area contributed by atoms with Crippen molar-refractivity contribution in [2.75, 3.05) is 36.9 Å². The molecule has 1 fully saturated rings. The summed E-state index contributed by atoms with van der Waals surface area (Å²) in [5.74, 6) is 1.39. The zero-order valence-corrected chi connectivity index (χ0v) is 23.2. The zero-order valence-electron chi connectivity index (χ0n) is 21.7. The van der Waals surface area contributed by atoms with Crippen LogP contribution < -0.4 is 21.3 Å². The van der Waals surface area contributed by atoms with Crippen LogP contribution in [0.5, 0.6) is 0 Å². The van der Waals surface area contributed by atoms with E-state index in [1.807, 2.05) is 51.2 Å². The molecule has 1 aliphatic rings. The molecule has 9 heteroatoms. The summed E-state index contributed by atoms with van der Waals surface area (Å²) in [5.41, 5.74) is 8.17. The third kappa shape index (κ3) is 6.20. The second-order valence-corrected chi connectivity index (χ2v) is 10.4. The topological polar surface area (TPSA) is 96.2 Å². The lowest BCUT2D eigenvalue weighted by Crippen LogP contribution is -2.61. The predicted octanol–water partition coefficient (Wildman–Crippen LogP) is 5.45. The number of anilines is 2. The second kappa shape index (κ2) is 12.1. The van der Waals surface area contributed by atoms with Crippen LogP contribution in [0.3, 0.4) is 0 Å². The highest BCUT2D eigenvalue weighted by Gasteiger charge is 2.40. The Kier molecular flexibility index (Phi) is 9.39. The third-order valence-electron chi connectivity index (χ3n) is 6.41. The van der Waals surface area contributed by atoms with Gasteiger partial charge in [0.15, 0.2) is 11.6 Å². The predicted molar refractivity (Wildman–Crippen MR) is 151 cm³/mol. The summed E-state index contributed by atoms with van der Waals surface area (Å²) in [6, 6.07) is 7.54. The maximum atomic E-state index is 12.3. The number of rotatable bonds is 9. The molecular weight excluding hydrogens is 495 g/mol. The van der Waals surface area contributed by atoms with Gasteiger partial charge in [-0.15, -0.1) is 0 Å². The Labute approximate surface area is 224 Å². The number of nitrogens with two attached hydrogens (primary N) is 1. The molecule has 1 amide bonds. The molecule has 3 rings (SSSR count). The molecule has 0 bridgehead atoms. The van der Waals surface area contributed by atoms with E-state index in [2.05, 4.69) is 35.5 Å². The Hall–Kier alpha value is -2.61. The van der Waals surface area contributed by atoms with Crippen LogP contribution in [0.2, 0.25) is 5.02 Å². The van der Waals surface area contributed by atoms with E-state index in [1.54, 1.807) is 0 Å². The van der Waals surface area contributed by atoms with Gasteiger partial charge in [0.1, 0.15) is 11.2 Å². The highest BCUT2D eigenvalue weighted by molar-refractivity contribution is 6.33. The minimum absolute atomic E-state index is 0.315. The second-order valence-electron chi connectivity index (χ2n) is 9.36. The van der Waals surface area contributed by atoms with Crippen molar-refractivity contribution in [3.8, 4) is 11.3 Å². The number of likely N-dealkylation sites (N-methyl/N-ethyl adjacent to an activating group) is 1. The number of amides is 1. The first kappa shape index (κ1) is 28.0. The standard InChI is InChI=1S/C27H36Cl2N6O/c1-6-32-27(26(30)36)13-15-35(16-14-27)25-24(31-5)33-22(19-8-10-20(29)11-9-19)23(34-25)21(18(4)28)12-7-17(2)3/h7-12,17,32H,6,13-16H2,1-5H3,(H2,30,36)(H,31,33)/b12-7-,21-18-. The van der Waals surface area contributed by atoms with Crippen molar-refractivity contribution < 1.29 is 4.79 Å². The summed E-state index contributed by atoms with van der Waals surface area (Å²) >= 11 is 12.8. The SMILES string of the molecule is CCNC1(C(N)=O)CCN(c2nc(C(/C=C\C(C)C)=C(/C)Cl)c(-c3ccc(Cl)cc3)nc2NC)CC1. The number of aromatic nitrogens is 2. The number of carbonyl (C=O) groups is 1. The average Bonchev–Trinajstić information content (AvgIpc) is 2.84. The molecule has 0 aliphatic carbocycles. The molecule has 36 heavy (non-hydrogen) atoms. The molecule has 1 aromatic carbocycles. The van der Waals surface area contributed by atoms with Gasteiger partial charge in [0.05, 0.1) is 5.69 Å². The number of nitrogens with zero attached hydrogens (tertiary/aromatic N) is 3. The lowest BCUT2D eigenvalue weighted by molar-refractivity contribution is -0.125. The molecule has 0 radical (unpaired) electrons. The van der Waals surface area contributed by atoms with E-state index in [0.29, 0.717) is 71.5 Å². The number of primary amides is 1. The fourth-order valence-corrected chi connectivity index (χ4v) is 4.68. The molecule has 2 aromatic rings. The number of piperidine rings is 1. The van der Waals surface area contributed by atoms with E-state index < -0.39 is 5.54 Å². The number of hydrogen-bond donors (Lipinski definition) is 3. The molecule has 4 N–H and O–H groups in total. The van der Waals surface area contributed by atoms with Crippen LogP contribution in [0.15, 0.2) is 41.4 Å². The van der Waals surface area contributed by atoms with Gasteiger partial charge in [0.2, 0.25) is 5.91 Å². The van der Waals surface area contributed by atoms with Gasteiger partial charge in [-0.2, -0.15) is 0 Å². The average molecular weight is 532 g/mol. The molecule has 0 saturated carbocycles. The Morgan fingerprint density at radius 1 is 1.22 bits per heavy atom. The fourth-order valence-electron chi connectivity index (χ4n) is 4.41. The lowest BCUT2D eigenvalue weighted by Gasteiger charge is -2.41. The van der Waals surface area contributed by atoms with E-state index in [4.69, 9.17) is 38.9 Å². The zero-order chi connectivity index (χ0) is 26.5. The third-order valence-corrected chi connectivity index (χ3v) is 6.86. The maximum absolute atomic E-state index is 12.3. The molecule has 1 aromatic heterocycles. The van der Waals surface area contributed by atoms with E-state index in [1.165, 1.54) is 0 Å². The van der Waals surface area contributed by atoms with Crippen LogP contribution in [0.1, 0.15) is 46.2 Å². The fraction of sp³-hybridized carbons (Fsp3) is 0.444. The molecule has 0 atom stereocenters. The Morgan fingerprint density at radius 2 is 1.86 bits per heavy atom. The van der Waals surface area contributed by atoms with Crippen molar-refractivity contribution >= 4 is 46.3 Å². The van der Waals surface area contributed by atoms with E-state index >= 15 is 0 Å². The van der Waals surface area contributed by atoms with E-state index in [-0.39, 0.29) is 5.91 Å². The van der Waals surface area contributed by atoms with E-state index in [9.17, 15) is 4.79 Å². The maximum Gasteiger partial charge on any atom is 0.237 e. The van der Waals surface area contributed by atoms with Crippen LogP contribution >= 0.6 is 23.2 Å². The molecular formula is C27H36Cl2N6O. The van der Waals surface area contributed by atoms with Crippen molar-refractivity contribution in [1.29, 1.82) is 0 Å². The summed E-state index contributed by atoms with van der Waals surface area (Å²) in [6.45, 7) is 9.97. The Balaban J connectivity index is 2.14. The molecule has 1 aliphatic heterocycles. The van der Waals surface area contributed by atoms with Gasteiger partial charge in [-0.25, -0.2) is 9.97 Å². The molecule has 1 saturated heterocycles. The Morgan fingerprint density at radius 3 is 2.36 bits per heavy atom. The van der Waals surface area contributed by atoms with Gasteiger partial charge in [-0.05, 0) is 44.4 Å². The highest BCUT2D eigenvalue weighted by Crippen LogP contribution is 2.37. The van der Waals surface area contributed by atoms with Crippen molar-refractivity contribution in [1.82, 2.24) is 15.3 Å². The molecule has 0 unspecified atom stereocenters. The first-order valence-corrected chi connectivity index (χ1v) is 13.1. The number of hydrogen-bond acceptors (Lipinski definition) is 6. The van der Waals surface area contributed by atoms with Crippen molar-refractivity contribution in [2.45, 2.75) is 46.1 Å². The summed E-state index contributed by atoms with van der Waals surface area (Å²) in [6.07, 6.45) is 5.27. The van der Waals surface area contributed by atoms with Gasteiger partial charge in [-0.3, -0.25) is 4.79 Å². The number of allylic oxidation sites excluding steroid dienone is 4. The van der Waals surface area contributed by atoms with Gasteiger partial charge >= 0.3 is 0 Å². The van der Waals surface area contributed by atoms with Crippen molar-refractivity contribution in [3.63, 3.8) is 0 Å². The minimum Gasteiger partial charge on any atom is -0.370 e. The van der Waals surface area contributed by atoms with Crippen LogP contribution in [0.25, 0.3) is 16.8 Å². The van der Waals surface area contributed by atoms with Crippen LogP contribution in [0, 0.1) is 5.92 Å². The summed E-state index contributed by atoms with van der Waals surface area (Å²) in [7, 11) is 1.83. The highest BCUT2D eigenvalue weighted by atomic mass is 35.5. The summed E-state index contributed by atoms with van der Waals surface area (Å²) in [5, 5.41) is 7.79. The Bertz CT molecular complexity index is 1130. The number of benzene rings is 1. The van der Waals surface area contributed by atoms with Gasteiger partial charge in [0, 0.05) is 41.3 Å². The summed E-state index contributed by atoms with van der Waals surface area (Å²) < 4.78 is 0. The van der Waals surface area contributed by atoms with Gasteiger partial charge in [0.25, 0.3) is 0 Å². The quantitative estimate of drug-likeness (QED) is 0.372. The van der Waals surface area contributed by atoms with E-state index in [0.717, 1.165) is 11.1 Å².